The number of imidazole rings is 1. The lowest BCUT2D eigenvalue weighted by Crippen LogP contribution is -2.17. The first-order chi connectivity index (χ1) is 8.31. The fraction of sp³-hybridized carbons (Fsp3) is 0.0769. The Morgan fingerprint density at radius 1 is 1.35 bits per heavy atom. The molecule has 3 rings (SSSR count). The highest BCUT2D eigenvalue weighted by Gasteiger charge is 2.08. The van der Waals surface area contributed by atoms with E-state index in [4.69, 9.17) is 0 Å². The molecule has 0 saturated carbocycles. The molecule has 3 aromatic rings. The summed E-state index contributed by atoms with van der Waals surface area (Å²) >= 11 is 0. The Labute approximate surface area is 97.2 Å². The first-order valence-electron chi connectivity index (χ1n) is 5.42. The normalized spacial score (nSPS) is 11.8. The van der Waals surface area contributed by atoms with Gasteiger partial charge in [0.15, 0.2) is 5.65 Å². The highest BCUT2D eigenvalue weighted by Crippen LogP contribution is 2.16. The molecule has 0 radical (unpaired) electrons. The van der Waals surface area contributed by atoms with Crippen LogP contribution in [-0.4, -0.2) is 14.4 Å². The van der Waals surface area contributed by atoms with Gasteiger partial charge in [0, 0.05) is 5.39 Å². The van der Waals surface area contributed by atoms with Crippen LogP contribution in [0.1, 0.15) is 12.6 Å². The zero-order valence-corrected chi connectivity index (χ0v) is 9.34. The summed E-state index contributed by atoms with van der Waals surface area (Å²) in [7, 11) is 0. The van der Waals surface area contributed by atoms with E-state index in [-0.39, 0.29) is 5.69 Å². The average Bonchev–Trinajstić information content (AvgIpc) is 2.75. The number of H-pyrrole nitrogens is 1. The van der Waals surface area contributed by atoms with Crippen molar-refractivity contribution in [2.24, 2.45) is 0 Å². The predicted octanol–water partition coefficient (Wildman–Crippen LogP) is 2.21. The summed E-state index contributed by atoms with van der Waals surface area (Å²) in [5.41, 5.74) is 2.12. The Balaban J connectivity index is 2.56. The van der Waals surface area contributed by atoms with Crippen LogP contribution < -0.4 is 5.69 Å². The number of rotatable bonds is 1. The van der Waals surface area contributed by atoms with Crippen molar-refractivity contribution >= 4 is 22.6 Å². The van der Waals surface area contributed by atoms with Crippen molar-refractivity contribution < 1.29 is 0 Å². The van der Waals surface area contributed by atoms with Crippen molar-refractivity contribution in [3.63, 3.8) is 0 Å². The number of aromatic amines is 1. The molecule has 0 bridgehead atoms. The molecule has 0 aliphatic rings. The fourth-order valence-electron chi connectivity index (χ4n) is 2.02. The number of nitrogens with one attached hydrogen (secondary N) is 1. The first kappa shape index (κ1) is 9.84. The molecule has 0 atom stereocenters. The number of hydrogen-bond donors (Lipinski definition) is 1. The van der Waals surface area contributed by atoms with E-state index in [0.717, 1.165) is 16.6 Å². The van der Waals surface area contributed by atoms with E-state index in [1.54, 1.807) is 10.6 Å². The van der Waals surface area contributed by atoms with E-state index < -0.39 is 0 Å². The SMILES string of the molecule is C/C=C\c1cnc2c3ccccc3[nH]c(=O)n12. The van der Waals surface area contributed by atoms with E-state index >= 15 is 0 Å². The van der Waals surface area contributed by atoms with Crippen LogP contribution in [0.25, 0.3) is 22.6 Å². The summed E-state index contributed by atoms with van der Waals surface area (Å²) < 4.78 is 1.59. The van der Waals surface area contributed by atoms with E-state index in [2.05, 4.69) is 9.97 Å². The Morgan fingerprint density at radius 3 is 3.00 bits per heavy atom. The fourth-order valence-corrected chi connectivity index (χ4v) is 2.02. The monoisotopic (exact) mass is 225 g/mol. The minimum atomic E-state index is -0.163. The van der Waals surface area contributed by atoms with E-state index in [1.807, 2.05) is 43.3 Å². The van der Waals surface area contributed by atoms with Crippen molar-refractivity contribution in [1.29, 1.82) is 0 Å². The molecule has 0 saturated heterocycles. The lowest BCUT2D eigenvalue weighted by atomic mass is 10.2. The van der Waals surface area contributed by atoms with Crippen molar-refractivity contribution in [2.75, 3.05) is 0 Å². The molecule has 2 heterocycles. The molecule has 84 valence electrons. The molecular formula is C13H11N3O. The van der Waals surface area contributed by atoms with E-state index in [9.17, 15) is 4.79 Å². The van der Waals surface area contributed by atoms with Crippen molar-refractivity contribution in [2.45, 2.75) is 6.92 Å². The summed E-state index contributed by atoms with van der Waals surface area (Å²) in [6, 6.07) is 7.66. The van der Waals surface area contributed by atoms with Crippen LogP contribution in [0.3, 0.4) is 0 Å². The zero-order valence-electron chi connectivity index (χ0n) is 9.34. The summed E-state index contributed by atoms with van der Waals surface area (Å²) in [6.07, 6.45) is 5.46. The molecule has 4 nitrogen and oxygen atoms in total. The average molecular weight is 225 g/mol. The Morgan fingerprint density at radius 2 is 2.18 bits per heavy atom. The first-order valence-corrected chi connectivity index (χ1v) is 5.42. The van der Waals surface area contributed by atoms with Crippen LogP contribution in [0.2, 0.25) is 0 Å². The quantitative estimate of drug-likeness (QED) is 0.690. The number of fused-ring (bicyclic) bond motifs is 3. The second-order valence-corrected chi connectivity index (χ2v) is 3.82. The standard InChI is InChI=1S/C13H11N3O/c1-2-5-9-8-14-12-10-6-3-4-7-11(10)15-13(17)16(9)12/h2-8H,1H3,(H,15,17)/b5-2-. The summed E-state index contributed by atoms with van der Waals surface area (Å²) in [4.78, 5) is 19.2. The minimum Gasteiger partial charge on any atom is -0.306 e. The number of benzene rings is 1. The van der Waals surface area contributed by atoms with Crippen LogP contribution >= 0.6 is 0 Å². The molecule has 2 aromatic heterocycles. The number of aromatic nitrogens is 3. The van der Waals surface area contributed by atoms with Gasteiger partial charge in [-0.3, -0.25) is 0 Å². The maximum atomic E-state index is 12.0. The van der Waals surface area contributed by atoms with Gasteiger partial charge in [0.2, 0.25) is 0 Å². The third-order valence-electron chi connectivity index (χ3n) is 2.74. The van der Waals surface area contributed by atoms with Crippen molar-refractivity contribution in [3.8, 4) is 0 Å². The van der Waals surface area contributed by atoms with Crippen LogP contribution in [0.5, 0.6) is 0 Å². The van der Waals surface area contributed by atoms with Gasteiger partial charge in [0.25, 0.3) is 0 Å². The smallest absolute Gasteiger partial charge is 0.306 e. The molecule has 1 N–H and O–H groups in total. The number of hydrogen-bond acceptors (Lipinski definition) is 2. The Bertz CT molecular complexity index is 780. The molecule has 0 spiro atoms. The maximum Gasteiger partial charge on any atom is 0.332 e. The Hall–Kier alpha value is -2.36. The number of nitrogens with zero attached hydrogens (tertiary/aromatic N) is 2. The molecule has 0 amide bonds. The molecule has 0 unspecified atom stereocenters. The van der Waals surface area contributed by atoms with Crippen molar-refractivity contribution in [1.82, 2.24) is 14.4 Å². The third-order valence-corrected chi connectivity index (χ3v) is 2.74. The van der Waals surface area contributed by atoms with Gasteiger partial charge in [0.05, 0.1) is 17.4 Å². The topological polar surface area (TPSA) is 50.2 Å². The van der Waals surface area contributed by atoms with Gasteiger partial charge in [-0.25, -0.2) is 14.2 Å². The van der Waals surface area contributed by atoms with Gasteiger partial charge in [-0.05, 0) is 25.1 Å². The van der Waals surface area contributed by atoms with Gasteiger partial charge in [-0.1, -0.05) is 18.2 Å². The van der Waals surface area contributed by atoms with Gasteiger partial charge in [0.1, 0.15) is 0 Å². The third kappa shape index (κ3) is 1.38. The van der Waals surface area contributed by atoms with Gasteiger partial charge in [-0.15, -0.1) is 0 Å². The van der Waals surface area contributed by atoms with Gasteiger partial charge >= 0.3 is 5.69 Å². The molecule has 0 aliphatic heterocycles. The molecule has 0 aliphatic carbocycles. The molecule has 0 fully saturated rings. The lowest BCUT2D eigenvalue weighted by molar-refractivity contribution is 1.02. The predicted molar refractivity (Wildman–Crippen MR) is 68.0 cm³/mol. The second-order valence-electron chi connectivity index (χ2n) is 3.82. The molecular weight excluding hydrogens is 214 g/mol. The molecule has 4 heteroatoms. The zero-order chi connectivity index (χ0) is 11.8. The highest BCUT2D eigenvalue weighted by molar-refractivity contribution is 5.91. The number of para-hydroxylation sites is 1. The summed E-state index contributed by atoms with van der Waals surface area (Å²) in [5, 5.41) is 0.947. The van der Waals surface area contributed by atoms with E-state index in [0.29, 0.717) is 5.65 Å². The lowest BCUT2D eigenvalue weighted by Gasteiger charge is -2.00. The van der Waals surface area contributed by atoms with Crippen LogP contribution in [0.4, 0.5) is 0 Å². The minimum absolute atomic E-state index is 0.163. The highest BCUT2D eigenvalue weighted by atomic mass is 16.1. The van der Waals surface area contributed by atoms with E-state index in [1.165, 1.54) is 0 Å². The summed E-state index contributed by atoms with van der Waals surface area (Å²) in [6.45, 7) is 1.91. The van der Waals surface area contributed by atoms with Crippen molar-refractivity contribution in [3.05, 3.63) is 52.7 Å². The number of allylic oxidation sites excluding steroid dienone is 1. The van der Waals surface area contributed by atoms with Crippen LogP contribution in [-0.2, 0) is 0 Å². The Kier molecular flexibility index (Phi) is 2.08. The largest absolute Gasteiger partial charge is 0.332 e. The van der Waals surface area contributed by atoms with Crippen LogP contribution in [0.15, 0.2) is 41.3 Å². The summed E-state index contributed by atoms with van der Waals surface area (Å²) in [5.74, 6) is 0. The van der Waals surface area contributed by atoms with Gasteiger partial charge in [-0.2, -0.15) is 0 Å². The molecule has 1 aromatic carbocycles. The second kappa shape index (κ2) is 3.59. The molecule has 17 heavy (non-hydrogen) atoms. The van der Waals surface area contributed by atoms with Crippen LogP contribution in [0, 0.1) is 0 Å². The maximum absolute atomic E-state index is 12.0. The van der Waals surface area contributed by atoms with Gasteiger partial charge < -0.3 is 4.98 Å².